The Morgan fingerprint density at radius 1 is 0.903 bits per heavy atom. The van der Waals surface area contributed by atoms with Gasteiger partial charge in [0.05, 0.1) is 34.4 Å². The highest BCUT2D eigenvalue weighted by molar-refractivity contribution is 6.07. The van der Waals surface area contributed by atoms with Gasteiger partial charge in [0.1, 0.15) is 0 Å². The van der Waals surface area contributed by atoms with Gasteiger partial charge in [-0.2, -0.15) is 5.10 Å². The third-order valence-electron chi connectivity index (χ3n) is 6.15. The van der Waals surface area contributed by atoms with Crippen molar-refractivity contribution in [2.45, 2.75) is 33.6 Å². The van der Waals surface area contributed by atoms with Crippen LogP contribution in [0.1, 0.15) is 40.0 Å². The number of aryl methyl sites for hydroxylation is 2. The molecule has 31 heavy (non-hydrogen) atoms. The molecular formula is C26H26N4O. The number of carbonyl (C=O) groups is 1. The number of rotatable bonds is 3. The van der Waals surface area contributed by atoms with Gasteiger partial charge in [0, 0.05) is 24.0 Å². The predicted octanol–water partition coefficient (Wildman–Crippen LogP) is 5.25. The van der Waals surface area contributed by atoms with Gasteiger partial charge in [0.15, 0.2) is 0 Å². The standard InChI is InChI=1S/C26H26N4O/c1-17-6-9-20(10-7-17)30-19(3)23(16-27-30)25-15-22(26(31)29-12-4-5-13-29)21-14-18(2)8-11-24(21)28-25/h6-11,14-16H,4-5,12-13H2,1-3H3. The molecule has 2 aromatic heterocycles. The van der Waals surface area contributed by atoms with Crippen molar-refractivity contribution in [3.63, 3.8) is 0 Å². The molecule has 1 aliphatic rings. The van der Waals surface area contributed by atoms with E-state index in [-0.39, 0.29) is 5.91 Å². The molecule has 0 spiro atoms. The Kier molecular flexibility index (Phi) is 4.81. The minimum Gasteiger partial charge on any atom is -0.339 e. The zero-order valence-corrected chi connectivity index (χ0v) is 18.2. The van der Waals surface area contributed by atoms with Gasteiger partial charge in [-0.05, 0) is 63.9 Å². The van der Waals surface area contributed by atoms with E-state index in [0.717, 1.165) is 70.6 Å². The minimum atomic E-state index is 0.0975. The Balaban J connectivity index is 1.65. The highest BCUT2D eigenvalue weighted by Crippen LogP contribution is 2.30. The van der Waals surface area contributed by atoms with Crippen LogP contribution in [0.3, 0.4) is 0 Å². The Labute approximate surface area is 182 Å². The van der Waals surface area contributed by atoms with Crippen molar-refractivity contribution >= 4 is 16.8 Å². The fourth-order valence-electron chi connectivity index (χ4n) is 4.35. The van der Waals surface area contributed by atoms with Gasteiger partial charge in [-0.1, -0.05) is 29.3 Å². The van der Waals surface area contributed by atoms with Crippen LogP contribution < -0.4 is 0 Å². The fraction of sp³-hybridized carbons (Fsp3) is 0.269. The minimum absolute atomic E-state index is 0.0975. The smallest absolute Gasteiger partial charge is 0.254 e. The quantitative estimate of drug-likeness (QED) is 0.464. The summed E-state index contributed by atoms with van der Waals surface area (Å²) in [6.07, 6.45) is 3.99. The van der Waals surface area contributed by atoms with Gasteiger partial charge < -0.3 is 4.90 Å². The second-order valence-electron chi connectivity index (χ2n) is 8.47. The van der Waals surface area contributed by atoms with Crippen molar-refractivity contribution in [1.29, 1.82) is 0 Å². The fourth-order valence-corrected chi connectivity index (χ4v) is 4.35. The van der Waals surface area contributed by atoms with Crippen LogP contribution in [-0.2, 0) is 0 Å². The predicted molar refractivity (Wildman–Crippen MR) is 124 cm³/mol. The summed E-state index contributed by atoms with van der Waals surface area (Å²) in [6.45, 7) is 7.82. The number of likely N-dealkylation sites (tertiary alicyclic amines) is 1. The first kappa shape index (κ1) is 19.5. The summed E-state index contributed by atoms with van der Waals surface area (Å²) in [5, 5.41) is 5.54. The summed E-state index contributed by atoms with van der Waals surface area (Å²) < 4.78 is 1.93. The normalized spacial score (nSPS) is 13.8. The molecule has 5 nitrogen and oxygen atoms in total. The van der Waals surface area contributed by atoms with E-state index >= 15 is 0 Å². The summed E-state index contributed by atoms with van der Waals surface area (Å²) in [6, 6.07) is 16.4. The van der Waals surface area contributed by atoms with Crippen molar-refractivity contribution in [3.8, 4) is 16.9 Å². The molecule has 4 aromatic rings. The van der Waals surface area contributed by atoms with Crippen molar-refractivity contribution in [2.24, 2.45) is 0 Å². The highest BCUT2D eigenvalue weighted by atomic mass is 16.2. The summed E-state index contributed by atoms with van der Waals surface area (Å²) in [7, 11) is 0. The van der Waals surface area contributed by atoms with Crippen LogP contribution in [0.4, 0.5) is 0 Å². The molecule has 5 heteroatoms. The van der Waals surface area contributed by atoms with Crippen molar-refractivity contribution in [1.82, 2.24) is 19.7 Å². The lowest BCUT2D eigenvalue weighted by Crippen LogP contribution is -2.27. The number of hydrogen-bond acceptors (Lipinski definition) is 3. The van der Waals surface area contributed by atoms with Gasteiger partial charge in [-0.3, -0.25) is 4.79 Å². The van der Waals surface area contributed by atoms with Crippen LogP contribution in [0.15, 0.2) is 54.7 Å². The molecule has 0 radical (unpaired) electrons. The molecule has 0 atom stereocenters. The first-order valence-corrected chi connectivity index (χ1v) is 10.8. The Morgan fingerprint density at radius 3 is 2.35 bits per heavy atom. The van der Waals surface area contributed by atoms with Crippen molar-refractivity contribution in [3.05, 3.63) is 77.1 Å². The number of carbonyl (C=O) groups excluding carboxylic acids is 1. The monoisotopic (exact) mass is 410 g/mol. The van der Waals surface area contributed by atoms with Gasteiger partial charge in [0.2, 0.25) is 0 Å². The number of hydrogen-bond donors (Lipinski definition) is 0. The molecule has 5 rings (SSSR count). The Bertz CT molecular complexity index is 1280. The molecule has 0 aliphatic carbocycles. The number of pyridine rings is 1. The number of nitrogens with zero attached hydrogens (tertiary/aromatic N) is 4. The third-order valence-corrected chi connectivity index (χ3v) is 6.15. The van der Waals surface area contributed by atoms with E-state index in [2.05, 4.69) is 42.4 Å². The number of fused-ring (bicyclic) bond motifs is 1. The average molecular weight is 411 g/mol. The van der Waals surface area contributed by atoms with E-state index in [1.165, 1.54) is 5.56 Å². The summed E-state index contributed by atoms with van der Waals surface area (Å²) >= 11 is 0. The first-order valence-electron chi connectivity index (χ1n) is 10.8. The van der Waals surface area contributed by atoms with Gasteiger partial charge in [-0.15, -0.1) is 0 Å². The lowest BCUT2D eigenvalue weighted by atomic mass is 10.0. The zero-order chi connectivity index (χ0) is 21.5. The van der Waals surface area contributed by atoms with Gasteiger partial charge in [0.25, 0.3) is 5.91 Å². The maximum absolute atomic E-state index is 13.4. The molecule has 2 aromatic carbocycles. The van der Waals surface area contributed by atoms with E-state index in [1.54, 1.807) is 0 Å². The molecule has 0 unspecified atom stereocenters. The lowest BCUT2D eigenvalue weighted by Gasteiger charge is -2.17. The van der Waals surface area contributed by atoms with Gasteiger partial charge in [-0.25, -0.2) is 9.67 Å². The highest BCUT2D eigenvalue weighted by Gasteiger charge is 2.23. The summed E-state index contributed by atoms with van der Waals surface area (Å²) in [4.78, 5) is 20.3. The van der Waals surface area contributed by atoms with Crippen LogP contribution in [-0.4, -0.2) is 38.7 Å². The number of benzene rings is 2. The van der Waals surface area contributed by atoms with Crippen LogP contribution in [0.25, 0.3) is 27.8 Å². The summed E-state index contributed by atoms with van der Waals surface area (Å²) in [5.41, 5.74) is 7.65. The second kappa shape index (κ2) is 7.65. The number of aromatic nitrogens is 3. The Morgan fingerprint density at radius 2 is 1.61 bits per heavy atom. The van der Waals surface area contributed by atoms with Crippen LogP contribution in [0.5, 0.6) is 0 Å². The molecule has 3 heterocycles. The molecule has 0 bridgehead atoms. The van der Waals surface area contributed by atoms with Crippen LogP contribution in [0, 0.1) is 20.8 Å². The maximum atomic E-state index is 13.4. The molecule has 1 saturated heterocycles. The molecule has 0 saturated carbocycles. The van der Waals surface area contributed by atoms with Crippen LogP contribution in [0.2, 0.25) is 0 Å². The largest absolute Gasteiger partial charge is 0.339 e. The molecule has 1 amide bonds. The number of amides is 1. The van der Waals surface area contributed by atoms with E-state index in [9.17, 15) is 4.79 Å². The Hall–Kier alpha value is -3.47. The first-order chi connectivity index (χ1) is 15.0. The van der Waals surface area contributed by atoms with E-state index in [0.29, 0.717) is 0 Å². The molecule has 0 N–H and O–H groups in total. The van der Waals surface area contributed by atoms with Gasteiger partial charge >= 0.3 is 0 Å². The molecule has 1 fully saturated rings. The van der Waals surface area contributed by atoms with Crippen molar-refractivity contribution < 1.29 is 4.79 Å². The SMILES string of the molecule is Cc1ccc(-n2ncc(-c3cc(C(=O)N4CCCC4)c4cc(C)ccc4n3)c2C)cc1. The molecule has 1 aliphatic heterocycles. The molecular weight excluding hydrogens is 384 g/mol. The zero-order valence-electron chi connectivity index (χ0n) is 18.2. The maximum Gasteiger partial charge on any atom is 0.254 e. The van der Waals surface area contributed by atoms with E-state index in [1.807, 2.05) is 47.8 Å². The topological polar surface area (TPSA) is 51.0 Å². The van der Waals surface area contributed by atoms with E-state index in [4.69, 9.17) is 4.98 Å². The summed E-state index contributed by atoms with van der Waals surface area (Å²) in [5.74, 6) is 0.0975. The second-order valence-corrected chi connectivity index (χ2v) is 8.47. The third kappa shape index (κ3) is 3.50. The molecule has 156 valence electrons. The lowest BCUT2D eigenvalue weighted by molar-refractivity contribution is 0.0794. The van der Waals surface area contributed by atoms with E-state index < -0.39 is 0 Å². The van der Waals surface area contributed by atoms with Crippen molar-refractivity contribution in [2.75, 3.05) is 13.1 Å². The average Bonchev–Trinajstić information content (AvgIpc) is 3.43. The van der Waals surface area contributed by atoms with Crippen LogP contribution >= 0.6 is 0 Å².